The van der Waals surface area contributed by atoms with Crippen molar-refractivity contribution in [3.63, 3.8) is 0 Å². The topological polar surface area (TPSA) is 79.0 Å². The van der Waals surface area contributed by atoms with Crippen molar-refractivity contribution >= 4 is 34.8 Å². The molecule has 3 aliphatic rings. The van der Waals surface area contributed by atoms with E-state index in [9.17, 15) is 14.4 Å². The Balaban J connectivity index is 1.27. The van der Waals surface area contributed by atoms with E-state index >= 15 is 0 Å². The van der Waals surface area contributed by atoms with Crippen molar-refractivity contribution in [1.29, 1.82) is 0 Å². The van der Waals surface area contributed by atoms with Crippen molar-refractivity contribution in [3.8, 4) is 0 Å². The summed E-state index contributed by atoms with van der Waals surface area (Å²) < 4.78 is 5.31. The maximum Gasteiger partial charge on any atom is 0.338 e. The second-order valence-electron chi connectivity index (χ2n) is 7.93. The SMILES string of the molecule is O=C(OCC(=O)N1CCCc2ccccc21)c1ccc2c(c1)NC(=O)[C@@H]1CCCN21. The predicted molar refractivity (Wildman–Crippen MR) is 113 cm³/mol. The number of benzene rings is 2. The van der Waals surface area contributed by atoms with Crippen molar-refractivity contribution in [2.45, 2.75) is 31.7 Å². The monoisotopic (exact) mass is 405 g/mol. The van der Waals surface area contributed by atoms with Gasteiger partial charge in [-0.25, -0.2) is 4.79 Å². The van der Waals surface area contributed by atoms with Crippen LogP contribution in [-0.4, -0.2) is 43.5 Å². The lowest BCUT2D eigenvalue weighted by molar-refractivity contribution is -0.121. The Morgan fingerprint density at radius 1 is 1.07 bits per heavy atom. The molecule has 2 aromatic carbocycles. The first kappa shape index (κ1) is 18.7. The zero-order valence-electron chi connectivity index (χ0n) is 16.6. The standard InChI is InChI=1S/C23H23N3O4/c27-21(26-12-3-6-15-5-1-2-7-18(15)26)14-30-23(29)16-9-10-19-17(13-16)24-22(28)20-8-4-11-25(19)20/h1-2,5,7,9-10,13,20H,3-4,6,8,11-12,14H2,(H,24,28)/t20-/m0/s1. The molecule has 7 nitrogen and oxygen atoms in total. The summed E-state index contributed by atoms with van der Waals surface area (Å²) in [6.07, 6.45) is 3.65. The molecule has 154 valence electrons. The van der Waals surface area contributed by atoms with Gasteiger partial charge in [-0.1, -0.05) is 18.2 Å². The highest BCUT2D eigenvalue weighted by Crippen LogP contribution is 2.37. The molecule has 2 amide bonds. The second-order valence-corrected chi connectivity index (χ2v) is 7.93. The molecule has 0 bridgehead atoms. The number of para-hydroxylation sites is 1. The van der Waals surface area contributed by atoms with Crippen molar-refractivity contribution in [2.75, 3.05) is 34.8 Å². The number of anilines is 3. The zero-order valence-corrected chi connectivity index (χ0v) is 16.6. The van der Waals surface area contributed by atoms with Gasteiger partial charge in [0, 0.05) is 18.8 Å². The molecule has 3 aliphatic heterocycles. The lowest BCUT2D eigenvalue weighted by Crippen LogP contribution is -2.43. The molecule has 0 unspecified atom stereocenters. The quantitative estimate of drug-likeness (QED) is 0.795. The average molecular weight is 405 g/mol. The van der Waals surface area contributed by atoms with E-state index in [1.54, 1.807) is 17.0 Å². The summed E-state index contributed by atoms with van der Waals surface area (Å²) in [5.41, 5.74) is 3.88. The summed E-state index contributed by atoms with van der Waals surface area (Å²) in [7, 11) is 0. The lowest BCUT2D eigenvalue weighted by atomic mass is 10.0. The Labute approximate surface area is 174 Å². The smallest absolute Gasteiger partial charge is 0.338 e. The third-order valence-electron chi connectivity index (χ3n) is 6.09. The number of hydrogen-bond acceptors (Lipinski definition) is 5. The van der Waals surface area contributed by atoms with Crippen molar-refractivity contribution in [3.05, 3.63) is 53.6 Å². The number of amides is 2. The average Bonchev–Trinajstić information content (AvgIpc) is 3.27. The second kappa shape index (κ2) is 7.48. The van der Waals surface area contributed by atoms with Crippen LogP contribution < -0.4 is 15.1 Å². The van der Waals surface area contributed by atoms with Gasteiger partial charge in [0.2, 0.25) is 5.91 Å². The maximum atomic E-state index is 12.7. The summed E-state index contributed by atoms with van der Waals surface area (Å²) in [6.45, 7) is 1.14. The number of carbonyl (C=O) groups is 3. The molecule has 7 heteroatoms. The van der Waals surface area contributed by atoms with E-state index in [1.807, 2.05) is 30.3 Å². The van der Waals surface area contributed by atoms with Crippen LogP contribution in [0.5, 0.6) is 0 Å². The number of rotatable bonds is 3. The number of carbonyl (C=O) groups excluding carboxylic acids is 3. The van der Waals surface area contributed by atoms with Crippen LogP contribution in [0.2, 0.25) is 0 Å². The van der Waals surface area contributed by atoms with E-state index < -0.39 is 5.97 Å². The summed E-state index contributed by atoms with van der Waals surface area (Å²) >= 11 is 0. The van der Waals surface area contributed by atoms with Gasteiger partial charge in [0.1, 0.15) is 6.04 Å². The van der Waals surface area contributed by atoms with E-state index in [-0.39, 0.29) is 24.5 Å². The van der Waals surface area contributed by atoms with Crippen LogP contribution in [0.1, 0.15) is 35.2 Å². The van der Waals surface area contributed by atoms with Gasteiger partial charge in [-0.05, 0) is 55.5 Å². The molecule has 1 N–H and O–H groups in total. The molecule has 1 saturated heterocycles. The summed E-state index contributed by atoms with van der Waals surface area (Å²) in [5.74, 6) is -0.847. The molecule has 2 aromatic rings. The van der Waals surface area contributed by atoms with Crippen molar-refractivity contribution in [2.24, 2.45) is 0 Å². The number of ether oxygens (including phenoxy) is 1. The molecule has 30 heavy (non-hydrogen) atoms. The summed E-state index contributed by atoms with van der Waals surface area (Å²) in [6, 6.07) is 12.8. The number of fused-ring (bicyclic) bond motifs is 4. The maximum absolute atomic E-state index is 12.7. The normalized spacial score (nSPS) is 19.5. The number of nitrogens with one attached hydrogen (secondary N) is 1. The molecule has 0 saturated carbocycles. The van der Waals surface area contributed by atoms with Crippen LogP contribution >= 0.6 is 0 Å². The first-order valence-electron chi connectivity index (χ1n) is 10.4. The Bertz CT molecular complexity index is 1030. The van der Waals surface area contributed by atoms with Gasteiger partial charge in [0.05, 0.1) is 16.9 Å². The van der Waals surface area contributed by atoms with Crippen LogP contribution in [0.25, 0.3) is 0 Å². The molecule has 1 fully saturated rings. The highest BCUT2D eigenvalue weighted by Gasteiger charge is 2.36. The van der Waals surface area contributed by atoms with Crippen LogP contribution in [0.3, 0.4) is 0 Å². The van der Waals surface area contributed by atoms with E-state index in [1.165, 1.54) is 0 Å². The lowest BCUT2D eigenvalue weighted by Gasteiger charge is -2.33. The summed E-state index contributed by atoms with van der Waals surface area (Å²) in [4.78, 5) is 41.3. The molecule has 0 aromatic heterocycles. The minimum Gasteiger partial charge on any atom is -0.452 e. The molecule has 5 rings (SSSR count). The fraction of sp³-hybridized carbons (Fsp3) is 0.348. The largest absolute Gasteiger partial charge is 0.452 e. The first-order chi connectivity index (χ1) is 14.6. The summed E-state index contributed by atoms with van der Waals surface area (Å²) in [5, 5.41) is 2.89. The number of aryl methyl sites for hydroxylation is 1. The highest BCUT2D eigenvalue weighted by molar-refractivity contribution is 6.05. The van der Waals surface area contributed by atoms with E-state index in [2.05, 4.69) is 10.2 Å². The van der Waals surface area contributed by atoms with E-state index in [4.69, 9.17) is 4.74 Å². The first-order valence-corrected chi connectivity index (χ1v) is 10.4. The van der Waals surface area contributed by atoms with E-state index in [0.29, 0.717) is 17.8 Å². The Hall–Kier alpha value is -3.35. The predicted octanol–water partition coefficient (Wildman–Crippen LogP) is 2.74. The third-order valence-corrected chi connectivity index (χ3v) is 6.09. The number of nitrogens with zero attached hydrogens (tertiary/aromatic N) is 2. The highest BCUT2D eigenvalue weighted by atomic mass is 16.5. The Morgan fingerprint density at radius 2 is 1.93 bits per heavy atom. The van der Waals surface area contributed by atoms with Crippen LogP contribution in [0, 0.1) is 0 Å². The van der Waals surface area contributed by atoms with Gasteiger partial charge in [-0.2, -0.15) is 0 Å². The molecule has 1 atom stereocenters. The molecular weight excluding hydrogens is 382 g/mol. The van der Waals surface area contributed by atoms with Gasteiger partial charge in [0.25, 0.3) is 5.91 Å². The van der Waals surface area contributed by atoms with Crippen molar-refractivity contribution < 1.29 is 19.1 Å². The molecule has 3 heterocycles. The molecule has 0 radical (unpaired) electrons. The Morgan fingerprint density at radius 3 is 2.83 bits per heavy atom. The minimum absolute atomic E-state index is 0.0375. The molecule has 0 aliphatic carbocycles. The van der Waals surface area contributed by atoms with Gasteiger partial charge < -0.3 is 19.9 Å². The fourth-order valence-electron chi connectivity index (χ4n) is 4.64. The molecule has 0 spiro atoms. The van der Waals surface area contributed by atoms with Gasteiger partial charge in [-0.3, -0.25) is 9.59 Å². The number of hydrogen-bond donors (Lipinski definition) is 1. The zero-order chi connectivity index (χ0) is 20.7. The Kier molecular flexibility index (Phi) is 4.65. The minimum atomic E-state index is -0.575. The number of esters is 1. The van der Waals surface area contributed by atoms with Gasteiger partial charge >= 0.3 is 5.97 Å². The van der Waals surface area contributed by atoms with Gasteiger partial charge in [-0.15, -0.1) is 0 Å². The third kappa shape index (κ3) is 3.20. The molecular formula is C23H23N3O4. The van der Waals surface area contributed by atoms with Crippen LogP contribution in [0.15, 0.2) is 42.5 Å². The van der Waals surface area contributed by atoms with Crippen LogP contribution in [-0.2, 0) is 20.7 Å². The fourth-order valence-corrected chi connectivity index (χ4v) is 4.64. The van der Waals surface area contributed by atoms with Crippen LogP contribution in [0.4, 0.5) is 17.1 Å². The van der Waals surface area contributed by atoms with Gasteiger partial charge in [0.15, 0.2) is 6.61 Å². The van der Waals surface area contributed by atoms with Crippen molar-refractivity contribution in [1.82, 2.24) is 0 Å². The van der Waals surface area contributed by atoms with E-state index in [0.717, 1.165) is 49.2 Å².